The van der Waals surface area contributed by atoms with Gasteiger partial charge in [-0.05, 0) is 0 Å². The molecular formula is C12H19F3N4O. The number of alkyl halides is 3. The van der Waals surface area contributed by atoms with E-state index < -0.39 is 19.3 Å². The van der Waals surface area contributed by atoms with Gasteiger partial charge in [0.2, 0.25) is 5.95 Å². The second kappa shape index (κ2) is 7.39. The van der Waals surface area contributed by atoms with Crippen molar-refractivity contribution in [2.45, 2.75) is 32.6 Å². The molecule has 0 spiro atoms. The molecule has 1 heterocycles. The number of nitrogens with one attached hydrogen (secondary N) is 1. The molecule has 0 saturated carbocycles. The molecule has 0 unspecified atom stereocenters. The van der Waals surface area contributed by atoms with Gasteiger partial charge in [0, 0.05) is 37.1 Å². The highest BCUT2D eigenvalue weighted by Gasteiger charge is 2.31. The molecular weight excluding hydrogens is 273 g/mol. The highest BCUT2D eigenvalue weighted by atomic mass is 19.4. The third-order valence-corrected chi connectivity index (χ3v) is 2.43. The zero-order chi connectivity index (χ0) is 15.2. The van der Waals surface area contributed by atoms with E-state index in [-0.39, 0.29) is 12.5 Å². The first kappa shape index (κ1) is 16.6. The van der Waals surface area contributed by atoms with E-state index in [2.05, 4.69) is 15.3 Å². The van der Waals surface area contributed by atoms with Gasteiger partial charge in [0.25, 0.3) is 0 Å². The molecule has 0 aliphatic rings. The first-order valence-corrected chi connectivity index (χ1v) is 6.28. The number of hydrogen-bond donors (Lipinski definition) is 2. The van der Waals surface area contributed by atoms with Crippen molar-refractivity contribution in [3.63, 3.8) is 0 Å². The van der Waals surface area contributed by atoms with Crippen LogP contribution >= 0.6 is 0 Å². The summed E-state index contributed by atoms with van der Waals surface area (Å²) in [7, 11) is 0. The fourth-order valence-electron chi connectivity index (χ4n) is 1.51. The van der Waals surface area contributed by atoms with Gasteiger partial charge in [-0.15, -0.1) is 0 Å². The summed E-state index contributed by atoms with van der Waals surface area (Å²) in [6.45, 7) is 2.79. The SMILES string of the molecule is CC(C)NCc1cnc(N(CCO)CC(F)(F)F)nc1. The van der Waals surface area contributed by atoms with Crippen LogP contribution in [-0.4, -0.2) is 47.0 Å². The zero-order valence-electron chi connectivity index (χ0n) is 11.5. The van der Waals surface area contributed by atoms with Gasteiger partial charge in [-0.25, -0.2) is 9.97 Å². The van der Waals surface area contributed by atoms with Crippen LogP contribution in [0.1, 0.15) is 19.4 Å². The molecule has 20 heavy (non-hydrogen) atoms. The molecule has 0 atom stereocenters. The molecule has 1 rings (SSSR count). The van der Waals surface area contributed by atoms with Gasteiger partial charge in [0.15, 0.2) is 0 Å². The van der Waals surface area contributed by atoms with Gasteiger partial charge in [-0.2, -0.15) is 13.2 Å². The number of hydrogen-bond acceptors (Lipinski definition) is 5. The summed E-state index contributed by atoms with van der Waals surface area (Å²) in [6.07, 6.45) is -1.40. The van der Waals surface area contributed by atoms with Crippen LogP contribution in [0.3, 0.4) is 0 Å². The molecule has 0 aliphatic carbocycles. The third-order valence-electron chi connectivity index (χ3n) is 2.43. The number of aliphatic hydroxyl groups excluding tert-OH is 1. The van der Waals surface area contributed by atoms with Crippen LogP contribution in [0.15, 0.2) is 12.4 Å². The lowest BCUT2D eigenvalue weighted by Crippen LogP contribution is -2.37. The second-order valence-corrected chi connectivity index (χ2v) is 4.69. The molecule has 0 aromatic carbocycles. The lowest BCUT2D eigenvalue weighted by molar-refractivity contribution is -0.120. The van der Waals surface area contributed by atoms with E-state index in [4.69, 9.17) is 5.11 Å². The molecule has 0 aliphatic heterocycles. The monoisotopic (exact) mass is 292 g/mol. The quantitative estimate of drug-likeness (QED) is 0.794. The van der Waals surface area contributed by atoms with Crippen molar-refractivity contribution in [1.82, 2.24) is 15.3 Å². The summed E-state index contributed by atoms with van der Waals surface area (Å²) in [4.78, 5) is 8.75. The van der Waals surface area contributed by atoms with Crippen LogP contribution in [0.25, 0.3) is 0 Å². The lowest BCUT2D eigenvalue weighted by Gasteiger charge is -2.22. The van der Waals surface area contributed by atoms with Crippen molar-refractivity contribution in [3.05, 3.63) is 18.0 Å². The molecule has 0 saturated heterocycles. The first-order chi connectivity index (χ1) is 9.31. The maximum absolute atomic E-state index is 12.4. The largest absolute Gasteiger partial charge is 0.406 e. The molecule has 8 heteroatoms. The molecule has 5 nitrogen and oxygen atoms in total. The Labute approximate surface area is 115 Å². The smallest absolute Gasteiger partial charge is 0.395 e. The van der Waals surface area contributed by atoms with Crippen molar-refractivity contribution < 1.29 is 18.3 Å². The van der Waals surface area contributed by atoms with Crippen molar-refractivity contribution in [3.8, 4) is 0 Å². The standard InChI is InChI=1S/C12H19F3N4O/c1-9(2)16-5-10-6-17-11(18-7-10)19(3-4-20)8-12(13,14)15/h6-7,9,16,20H,3-5,8H2,1-2H3. The predicted molar refractivity (Wildman–Crippen MR) is 69.4 cm³/mol. The molecule has 1 aromatic heterocycles. The minimum absolute atomic E-state index is 0.0373. The van der Waals surface area contributed by atoms with Crippen LogP contribution in [-0.2, 0) is 6.54 Å². The van der Waals surface area contributed by atoms with E-state index in [1.54, 1.807) is 0 Å². The molecule has 0 amide bonds. The van der Waals surface area contributed by atoms with Gasteiger partial charge >= 0.3 is 6.18 Å². The average Bonchev–Trinajstić information content (AvgIpc) is 2.35. The normalized spacial score (nSPS) is 11.9. The summed E-state index contributed by atoms with van der Waals surface area (Å²) in [5, 5.41) is 12.0. The van der Waals surface area contributed by atoms with Crippen LogP contribution in [0, 0.1) is 0 Å². The number of halogens is 3. The highest BCUT2D eigenvalue weighted by Crippen LogP contribution is 2.19. The van der Waals surface area contributed by atoms with Crippen molar-refractivity contribution in [2.75, 3.05) is 24.6 Å². The third kappa shape index (κ3) is 6.16. The van der Waals surface area contributed by atoms with Gasteiger partial charge in [0.1, 0.15) is 6.54 Å². The first-order valence-electron chi connectivity index (χ1n) is 6.28. The Morgan fingerprint density at radius 1 is 1.30 bits per heavy atom. The van der Waals surface area contributed by atoms with Crippen molar-refractivity contribution in [2.24, 2.45) is 0 Å². The Balaban J connectivity index is 2.72. The fraction of sp³-hybridized carbons (Fsp3) is 0.667. The molecule has 2 N–H and O–H groups in total. The van der Waals surface area contributed by atoms with Gasteiger partial charge in [-0.3, -0.25) is 0 Å². The summed E-state index contributed by atoms with van der Waals surface area (Å²) >= 11 is 0. The molecule has 0 radical (unpaired) electrons. The number of aromatic nitrogens is 2. The van der Waals surface area contributed by atoms with E-state index in [0.717, 1.165) is 10.5 Å². The predicted octanol–water partition coefficient (Wildman–Crippen LogP) is 1.34. The lowest BCUT2D eigenvalue weighted by atomic mass is 10.3. The number of anilines is 1. The number of aliphatic hydroxyl groups is 1. The maximum Gasteiger partial charge on any atom is 0.406 e. The second-order valence-electron chi connectivity index (χ2n) is 4.69. The van der Waals surface area contributed by atoms with E-state index in [9.17, 15) is 13.2 Å². The summed E-state index contributed by atoms with van der Waals surface area (Å²) in [5.74, 6) is -0.0373. The highest BCUT2D eigenvalue weighted by molar-refractivity contribution is 5.30. The minimum Gasteiger partial charge on any atom is -0.395 e. The maximum atomic E-state index is 12.4. The van der Waals surface area contributed by atoms with Crippen LogP contribution in [0.2, 0.25) is 0 Å². The molecule has 0 bridgehead atoms. The Hall–Kier alpha value is -1.41. The van der Waals surface area contributed by atoms with E-state index in [1.807, 2.05) is 13.8 Å². The van der Waals surface area contributed by atoms with Crippen molar-refractivity contribution >= 4 is 5.95 Å². The Morgan fingerprint density at radius 2 is 1.90 bits per heavy atom. The molecule has 114 valence electrons. The van der Waals surface area contributed by atoms with Crippen molar-refractivity contribution in [1.29, 1.82) is 0 Å². The molecule has 1 aromatic rings. The van der Waals surface area contributed by atoms with Gasteiger partial charge in [-0.1, -0.05) is 13.8 Å². The summed E-state index contributed by atoms with van der Waals surface area (Å²) in [6, 6.07) is 0.297. The van der Waals surface area contributed by atoms with Crippen LogP contribution in [0.5, 0.6) is 0 Å². The Kier molecular flexibility index (Phi) is 6.15. The summed E-state index contributed by atoms with van der Waals surface area (Å²) < 4.78 is 37.2. The fourth-order valence-corrected chi connectivity index (χ4v) is 1.51. The van der Waals surface area contributed by atoms with E-state index in [1.165, 1.54) is 12.4 Å². The van der Waals surface area contributed by atoms with Crippen LogP contribution in [0.4, 0.5) is 19.1 Å². The van der Waals surface area contributed by atoms with E-state index in [0.29, 0.717) is 12.6 Å². The Bertz CT molecular complexity index is 395. The molecule has 0 fully saturated rings. The van der Waals surface area contributed by atoms with Gasteiger partial charge < -0.3 is 15.3 Å². The topological polar surface area (TPSA) is 61.3 Å². The average molecular weight is 292 g/mol. The van der Waals surface area contributed by atoms with Gasteiger partial charge in [0.05, 0.1) is 6.61 Å². The minimum atomic E-state index is -4.36. The summed E-state index contributed by atoms with van der Waals surface area (Å²) in [5.41, 5.74) is 0.790. The Morgan fingerprint density at radius 3 is 2.35 bits per heavy atom. The zero-order valence-corrected chi connectivity index (χ0v) is 11.5. The van der Waals surface area contributed by atoms with Crippen LogP contribution < -0.4 is 10.2 Å². The number of nitrogens with zero attached hydrogens (tertiary/aromatic N) is 3. The number of rotatable bonds is 7. The van der Waals surface area contributed by atoms with E-state index >= 15 is 0 Å².